The van der Waals surface area contributed by atoms with E-state index in [1.54, 1.807) is 38.4 Å². The third-order valence-corrected chi connectivity index (χ3v) is 15.0. The summed E-state index contributed by atoms with van der Waals surface area (Å²) in [6, 6.07) is 15.9. The van der Waals surface area contributed by atoms with Crippen LogP contribution in [0.1, 0.15) is 83.7 Å². The number of nitrogens with one attached hydrogen (secondary N) is 2. The molecule has 0 aliphatic carbocycles. The number of likely N-dealkylation sites (tertiary alicyclic amines) is 2. The van der Waals surface area contributed by atoms with Crippen LogP contribution >= 0.6 is 0 Å². The van der Waals surface area contributed by atoms with Crippen LogP contribution in [0.15, 0.2) is 72.9 Å². The van der Waals surface area contributed by atoms with Crippen molar-refractivity contribution in [2.24, 2.45) is 17.3 Å². The van der Waals surface area contributed by atoms with Gasteiger partial charge in [0.2, 0.25) is 17.7 Å². The molecule has 1 unspecified atom stereocenters. The van der Waals surface area contributed by atoms with Crippen LogP contribution in [0.25, 0.3) is 33.3 Å². The predicted molar refractivity (Wildman–Crippen MR) is 276 cm³/mol. The molecule has 8 rings (SSSR count). The molecule has 4 aliphatic heterocycles. The van der Waals surface area contributed by atoms with Gasteiger partial charge in [-0.2, -0.15) is 0 Å². The van der Waals surface area contributed by atoms with Crippen LogP contribution in [0, 0.1) is 17.3 Å². The second kappa shape index (κ2) is 22.4. The molecular formula is C56H74N8O8. The number of ether oxygens (including phenoxy) is 3. The molecule has 386 valence electrons. The lowest BCUT2D eigenvalue weighted by atomic mass is 9.84. The molecular weight excluding hydrogens is 913 g/mol. The molecule has 0 spiro atoms. The highest BCUT2D eigenvalue weighted by Crippen LogP contribution is 2.42. The van der Waals surface area contributed by atoms with Crippen LogP contribution in [-0.2, 0) is 57.6 Å². The predicted octanol–water partition coefficient (Wildman–Crippen LogP) is 5.96. The van der Waals surface area contributed by atoms with Crippen LogP contribution in [0.5, 0.6) is 0 Å². The molecule has 72 heavy (non-hydrogen) atoms. The lowest BCUT2D eigenvalue weighted by molar-refractivity contribution is -0.155. The van der Waals surface area contributed by atoms with Crippen molar-refractivity contribution in [2.45, 2.75) is 111 Å². The van der Waals surface area contributed by atoms with Crippen molar-refractivity contribution in [3.05, 3.63) is 89.8 Å². The molecule has 3 fully saturated rings. The molecule has 4 amide bonds. The highest BCUT2D eigenvalue weighted by Gasteiger charge is 2.40. The van der Waals surface area contributed by atoms with Gasteiger partial charge in [-0.15, -0.1) is 0 Å². The minimum Gasteiger partial charge on any atom is -0.464 e. The van der Waals surface area contributed by atoms with E-state index < -0.39 is 47.2 Å². The number of hydrogen-bond donors (Lipinski definition) is 2. The summed E-state index contributed by atoms with van der Waals surface area (Å²) in [4.78, 5) is 81.0. The van der Waals surface area contributed by atoms with E-state index in [-0.39, 0.29) is 49.5 Å². The Labute approximate surface area is 424 Å². The van der Waals surface area contributed by atoms with E-state index in [2.05, 4.69) is 77.4 Å². The number of aryl methyl sites for hydroxylation is 1. The van der Waals surface area contributed by atoms with Gasteiger partial charge < -0.3 is 33.9 Å². The zero-order valence-electron chi connectivity index (χ0n) is 43.6. The fraction of sp³-hybridized carbons (Fsp3) is 0.536. The fourth-order valence-electron chi connectivity index (χ4n) is 11.0. The maximum absolute atomic E-state index is 14.8. The van der Waals surface area contributed by atoms with Crippen LogP contribution in [0.3, 0.4) is 0 Å². The van der Waals surface area contributed by atoms with Crippen molar-refractivity contribution in [3.8, 4) is 22.4 Å². The van der Waals surface area contributed by atoms with Gasteiger partial charge >= 0.3 is 5.97 Å². The number of fused-ring (bicyclic) bond motifs is 6. The van der Waals surface area contributed by atoms with Crippen molar-refractivity contribution in [1.29, 1.82) is 0 Å². The number of likely N-dealkylation sites (N-methyl/N-ethyl adjacent to an activating group) is 1. The summed E-state index contributed by atoms with van der Waals surface area (Å²) in [6.07, 6.45) is 7.43. The minimum absolute atomic E-state index is 0.134. The minimum atomic E-state index is -1.06. The van der Waals surface area contributed by atoms with E-state index in [1.807, 2.05) is 45.0 Å². The van der Waals surface area contributed by atoms with Crippen molar-refractivity contribution >= 4 is 40.5 Å². The first-order chi connectivity index (χ1) is 34.5. The summed E-state index contributed by atoms with van der Waals surface area (Å²) in [5.74, 6) is -2.48. The lowest BCUT2D eigenvalue weighted by Gasteiger charge is -2.37. The maximum atomic E-state index is 14.8. The molecule has 4 aliphatic rings. The van der Waals surface area contributed by atoms with Gasteiger partial charge in [0.25, 0.3) is 5.91 Å². The van der Waals surface area contributed by atoms with Crippen molar-refractivity contribution in [3.63, 3.8) is 0 Å². The van der Waals surface area contributed by atoms with Crippen LogP contribution in [0.4, 0.5) is 0 Å². The number of esters is 1. The number of rotatable bonds is 13. The number of amides is 4. The van der Waals surface area contributed by atoms with Crippen LogP contribution < -0.4 is 10.7 Å². The molecule has 6 bridgehead atoms. The van der Waals surface area contributed by atoms with E-state index >= 15 is 0 Å². The highest BCUT2D eigenvalue weighted by molar-refractivity contribution is 5.96. The molecule has 16 nitrogen and oxygen atoms in total. The monoisotopic (exact) mass is 987 g/mol. The van der Waals surface area contributed by atoms with E-state index in [1.165, 1.54) is 9.91 Å². The Morgan fingerprint density at radius 1 is 1.00 bits per heavy atom. The topological polar surface area (TPSA) is 168 Å². The smallest absolute Gasteiger partial charge is 0.324 e. The van der Waals surface area contributed by atoms with E-state index in [4.69, 9.17) is 19.2 Å². The van der Waals surface area contributed by atoms with Crippen molar-refractivity contribution in [1.82, 2.24) is 40.0 Å². The zero-order valence-corrected chi connectivity index (χ0v) is 43.6. The normalized spacial score (nSPS) is 21.9. The third-order valence-electron chi connectivity index (χ3n) is 15.0. The van der Waals surface area contributed by atoms with E-state index in [0.29, 0.717) is 51.9 Å². The Morgan fingerprint density at radius 3 is 2.51 bits per heavy atom. The Bertz CT molecular complexity index is 2670. The first kappa shape index (κ1) is 52.4. The SMILES string of the molecule is CCn1c(-c2cccnc2[C@H](C)OC)c2c3cc(ccc31)-c1cccc(c1)C[C@H](NC(=O)C(C(C)C)N(C)C(=O)[C@H]1CCN(C(=O)/C=C/CN3CC(OC)C3)C1)C(=O)N1CCC[C@H](N1)C(=O)OCC(C)(C)C2. The van der Waals surface area contributed by atoms with Gasteiger partial charge in [0, 0.05) is 108 Å². The van der Waals surface area contributed by atoms with E-state index in [0.717, 1.165) is 63.2 Å². The number of aromatic nitrogens is 2. The lowest BCUT2D eigenvalue weighted by Crippen LogP contribution is -2.62. The van der Waals surface area contributed by atoms with Gasteiger partial charge in [0.05, 0.1) is 36.1 Å². The Morgan fingerprint density at radius 2 is 1.78 bits per heavy atom. The summed E-state index contributed by atoms with van der Waals surface area (Å²) in [6.45, 7) is 16.3. The Kier molecular flexibility index (Phi) is 16.3. The number of pyridine rings is 1. The molecule has 6 heterocycles. The standard InChI is InChI=1S/C56H74N8O8/c1-10-63-47-21-20-39-29-43(47)44(51(63)42-17-12-23-57-49(42)36(4)70-8)30-56(5,6)34-72-55(69)45-18-13-25-64(59-45)54(68)46(28-37-15-11-16-38(39)27-37)58-52(66)50(35(2)3)60(7)53(67)40-22-26-62(31-40)48(65)19-14-24-61-32-41(33-61)71-9/h11-12,14-17,19-21,23,27,29,35-36,40-41,45-46,50,59H,10,13,18,22,24-26,28,30-34H2,1-9H3,(H,58,66)/b19-14+/t36-,40-,45-,46-,50?/m0/s1. The first-order valence-corrected chi connectivity index (χ1v) is 25.7. The molecule has 16 heteroatoms. The van der Waals surface area contributed by atoms with Gasteiger partial charge in [-0.05, 0) is 92.0 Å². The Balaban J connectivity index is 1.09. The van der Waals surface area contributed by atoms with Crippen molar-refractivity contribution < 1.29 is 38.2 Å². The third kappa shape index (κ3) is 11.3. The summed E-state index contributed by atoms with van der Waals surface area (Å²) >= 11 is 0. The molecule has 4 aromatic rings. The molecule has 0 radical (unpaired) electrons. The number of benzene rings is 2. The van der Waals surface area contributed by atoms with Crippen LogP contribution in [-0.4, -0.2) is 150 Å². The number of carbonyl (C=O) groups is 5. The second-order valence-corrected chi connectivity index (χ2v) is 21.2. The second-order valence-electron chi connectivity index (χ2n) is 21.2. The number of methoxy groups -OCH3 is 2. The zero-order chi connectivity index (χ0) is 51.4. The summed E-state index contributed by atoms with van der Waals surface area (Å²) in [5.41, 5.74) is 10.5. The quantitative estimate of drug-likeness (QED) is 0.120. The molecule has 3 saturated heterocycles. The highest BCUT2D eigenvalue weighted by atomic mass is 16.5. The van der Waals surface area contributed by atoms with Crippen molar-refractivity contribution in [2.75, 3.05) is 67.1 Å². The van der Waals surface area contributed by atoms with E-state index in [9.17, 15) is 24.0 Å². The van der Waals surface area contributed by atoms with Gasteiger partial charge in [0.15, 0.2) is 0 Å². The molecule has 0 saturated carbocycles. The average Bonchev–Trinajstić information content (AvgIpc) is 3.98. The maximum Gasteiger partial charge on any atom is 0.324 e. The Hall–Kier alpha value is -5.94. The number of cyclic esters (lactones) is 1. The van der Waals surface area contributed by atoms with Gasteiger partial charge in [0.1, 0.15) is 18.1 Å². The van der Waals surface area contributed by atoms with Gasteiger partial charge in [-0.1, -0.05) is 64.1 Å². The summed E-state index contributed by atoms with van der Waals surface area (Å²) < 4.78 is 19.7. The summed E-state index contributed by atoms with van der Waals surface area (Å²) in [5, 5.41) is 5.61. The first-order valence-electron chi connectivity index (χ1n) is 25.7. The average molecular weight is 987 g/mol. The fourth-order valence-corrected chi connectivity index (χ4v) is 11.0. The number of nitrogens with zero attached hydrogens (tertiary/aromatic N) is 6. The van der Waals surface area contributed by atoms with Gasteiger partial charge in [-0.25, -0.2) is 5.43 Å². The molecule has 2 N–H and O–H groups in total. The summed E-state index contributed by atoms with van der Waals surface area (Å²) in [7, 11) is 5.02. The van der Waals surface area contributed by atoms with Gasteiger partial charge in [-0.3, -0.25) is 38.9 Å². The largest absolute Gasteiger partial charge is 0.464 e. The molecule has 5 atom stereocenters. The van der Waals surface area contributed by atoms with Crippen LogP contribution in [0.2, 0.25) is 0 Å². The number of carbonyl (C=O) groups excluding carboxylic acids is 5. The molecule has 2 aromatic carbocycles. The molecule has 2 aromatic heterocycles. The number of hydrazine groups is 1. The number of hydrogen-bond acceptors (Lipinski definition) is 11.